The Balaban J connectivity index is 0.00000242. The first kappa shape index (κ1) is 18.9. The van der Waals surface area contributed by atoms with Crippen molar-refractivity contribution in [2.24, 2.45) is 0 Å². The molecule has 1 aliphatic heterocycles. The molecule has 0 bridgehead atoms. The van der Waals surface area contributed by atoms with Gasteiger partial charge in [-0.2, -0.15) is 0 Å². The number of hydrogen-bond donors (Lipinski definition) is 2. The van der Waals surface area contributed by atoms with Gasteiger partial charge in [0.05, 0.1) is 0 Å². The van der Waals surface area contributed by atoms with Gasteiger partial charge in [-0.3, -0.25) is 9.69 Å². The van der Waals surface area contributed by atoms with Crippen molar-refractivity contribution < 1.29 is 9.32 Å². The highest BCUT2D eigenvalue weighted by atomic mass is 35.5. The number of carbonyl (C=O) groups excluding carboxylic acids is 1. The molecule has 6 nitrogen and oxygen atoms in total. The lowest BCUT2D eigenvalue weighted by molar-refractivity contribution is -0.116. The van der Waals surface area contributed by atoms with Crippen molar-refractivity contribution in [1.82, 2.24) is 15.4 Å². The third kappa shape index (κ3) is 5.94. The van der Waals surface area contributed by atoms with Crippen LogP contribution in [0.3, 0.4) is 0 Å². The van der Waals surface area contributed by atoms with Crippen molar-refractivity contribution in [3.8, 4) is 0 Å². The number of rotatable bonds is 7. The molecule has 2 rings (SSSR count). The number of hydrogen-bond acceptors (Lipinski definition) is 5. The van der Waals surface area contributed by atoms with Crippen LogP contribution in [0.1, 0.15) is 38.4 Å². The average Bonchev–Trinajstić information content (AvgIpc) is 2.89. The predicted octanol–water partition coefficient (Wildman–Crippen LogP) is 2.20. The molecule has 0 spiro atoms. The van der Waals surface area contributed by atoms with Gasteiger partial charge >= 0.3 is 0 Å². The summed E-state index contributed by atoms with van der Waals surface area (Å²) in [5.41, 5.74) is 0. The highest BCUT2D eigenvalue weighted by Crippen LogP contribution is 2.13. The molecule has 1 fully saturated rings. The van der Waals surface area contributed by atoms with Gasteiger partial charge in [0.25, 0.3) is 0 Å². The van der Waals surface area contributed by atoms with Gasteiger partial charge < -0.3 is 15.2 Å². The molecule has 22 heavy (non-hydrogen) atoms. The summed E-state index contributed by atoms with van der Waals surface area (Å²) in [6.07, 6.45) is 3.96. The van der Waals surface area contributed by atoms with Crippen molar-refractivity contribution in [2.75, 3.05) is 31.5 Å². The maximum Gasteiger partial charge on any atom is 0.226 e. The van der Waals surface area contributed by atoms with Crippen LogP contribution in [0.2, 0.25) is 0 Å². The van der Waals surface area contributed by atoms with E-state index in [2.05, 4.69) is 27.6 Å². The Labute approximate surface area is 138 Å². The van der Waals surface area contributed by atoms with Crippen LogP contribution in [0.25, 0.3) is 0 Å². The standard InChI is InChI=1S/C15H26N4O2.ClH/c1-3-9-19(13-4-7-16-8-5-13)10-6-15(20)17-14-11-12(2)21-18-14;/h11,13,16H,3-10H2,1-2H3,(H,17,18,20);1H. The van der Waals surface area contributed by atoms with E-state index in [-0.39, 0.29) is 18.3 Å². The van der Waals surface area contributed by atoms with E-state index in [0.717, 1.165) is 32.6 Å². The minimum absolute atomic E-state index is 0. The summed E-state index contributed by atoms with van der Waals surface area (Å²) < 4.78 is 4.94. The lowest BCUT2D eigenvalue weighted by atomic mass is 10.0. The molecule has 0 aliphatic carbocycles. The molecular weight excluding hydrogens is 304 g/mol. The smallest absolute Gasteiger partial charge is 0.226 e. The molecule has 1 amide bonds. The Morgan fingerprint density at radius 3 is 2.77 bits per heavy atom. The van der Waals surface area contributed by atoms with Crippen LogP contribution in [0.15, 0.2) is 10.6 Å². The first-order chi connectivity index (χ1) is 10.2. The summed E-state index contributed by atoms with van der Waals surface area (Å²) in [5, 5.41) is 9.95. The second kappa shape index (κ2) is 9.82. The summed E-state index contributed by atoms with van der Waals surface area (Å²) in [6, 6.07) is 2.34. The maximum atomic E-state index is 12.0. The van der Waals surface area contributed by atoms with Gasteiger partial charge in [0, 0.05) is 25.1 Å². The number of amides is 1. The summed E-state index contributed by atoms with van der Waals surface area (Å²) in [4.78, 5) is 14.4. The summed E-state index contributed by atoms with van der Waals surface area (Å²) in [5.74, 6) is 1.20. The second-order valence-electron chi connectivity index (χ2n) is 5.64. The van der Waals surface area contributed by atoms with E-state index >= 15 is 0 Å². The van der Waals surface area contributed by atoms with Crippen LogP contribution < -0.4 is 10.6 Å². The van der Waals surface area contributed by atoms with Gasteiger partial charge in [0.1, 0.15) is 5.76 Å². The van der Waals surface area contributed by atoms with Crippen molar-refractivity contribution in [2.45, 2.75) is 45.6 Å². The number of halogens is 1. The number of anilines is 1. The van der Waals surface area contributed by atoms with Crippen LogP contribution in [-0.2, 0) is 4.79 Å². The molecular formula is C15H27ClN4O2. The highest BCUT2D eigenvalue weighted by Gasteiger charge is 2.20. The Kier molecular flexibility index (Phi) is 8.45. The van der Waals surface area contributed by atoms with E-state index in [1.165, 1.54) is 12.8 Å². The Bertz CT molecular complexity index is 447. The number of aryl methyl sites for hydroxylation is 1. The number of carbonyl (C=O) groups is 1. The fourth-order valence-electron chi connectivity index (χ4n) is 2.81. The minimum atomic E-state index is -0.00154. The molecule has 1 aliphatic rings. The fourth-order valence-corrected chi connectivity index (χ4v) is 2.81. The van der Waals surface area contributed by atoms with Gasteiger partial charge in [0.15, 0.2) is 5.82 Å². The fraction of sp³-hybridized carbons (Fsp3) is 0.733. The van der Waals surface area contributed by atoms with E-state index in [9.17, 15) is 4.79 Å². The summed E-state index contributed by atoms with van der Waals surface area (Å²) in [7, 11) is 0. The number of nitrogens with one attached hydrogen (secondary N) is 2. The molecule has 1 aromatic heterocycles. The van der Waals surface area contributed by atoms with Crippen LogP contribution in [-0.4, -0.2) is 48.2 Å². The third-order valence-electron chi connectivity index (χ3n) is 3.86. The third-order valence-corrected chi connectivity index (χ3v) is 3.86. The number of nitrogens with zero attached hydrogens (tertiary/aromatic N) is 2. The molecule has 0 aromatic carbocycles. The Morgan fingerprint density at radius 2 is 2.18 bits per heavy atom. The molecule has 0 radical (unpaired) electrons. The van der Waals surface area contributed by atoms with Crippen LogP contribution >= 0.6 is 12.4 Å². The van der Waals surface area contributed by atoms with E-state index in [1.807, 2.05) is 6.92 Å². The lowest BCUT2D eigenvalue weighted by Gasteiger charge is -2.34. The molecule has 2 N–H and O–H groups in total. The van der Waals surface area contributed by atoms with E-state index < -0.39 is 0 Å². The SMILES string of the molecule is CCCN(CCC(=O)Nc1cc(C)on1)C1CCNCC1.Cl. The minimum Gasteiger partial charge on any atom is -0.360 e. The highest BCUT2D eigenvalue weighted by molar-refractivity contribution is 5.89. The van der Waals surface area contributed by atoms with E-state index in [4.69, 9.17) is 4.52 Å². The maximum absolute atomic E-state index is 12.0. The second-order valence-corrected chi connectivity index (χ2v) is 5.64. The van der Waals surface area contributed by atoms with E-state index in [1.54, 1.807) is 6.07 Å². The first-order valence-electron chi connectivity index (χ1n) is 7.87. The predicted molar refractivity (Wildman–Crippen MR) is 89.5 cm³/mol. The largest absolute Gasteiger partial charge is 0.360 e. The van der Waals surface area contributed by atoms with Gasteiger partial charge in [-0.15, -0.1) is 12.4 Å². The quantitative estimate of drug-likeness (QED) is 0.802. The summed E-state index contributed by atoms with van der Waals surface area (Å²) in [6.45, 7) is 8.02. The molecule has 0 unspecified atom stereocenters. The Hall–Kier alpha value is -1.11. The zero-order valence-electron chi connectivity index (χ0n) is 13.4. The van der Waals surface area contributed by atoms with Crippen LogP contribution in [0, 0.1) is 6.92 Å². The zero-order valence-corrected chi connectivity index (χ0v) is 14.2. The molecule has 7 heteroatoms. The van der Waals surface area contributed by atoms with Crippen LogP contribution in [0.5, 0.6) is 0 Å². The summed E-state index contributed by atoms with van der Waals surface area (Å²) >= 11 is 0. The number of piperidine rings is 1. The van der Waals surface area contributed by atoms with Crippen molar-refractivity contribution in [3.05, 3.63) is 11.8 Å². The molecule has 2 heterocycles. The number of aromatic nitrogens is 1. The van der Waals surface area contributed by atoms with Gasteiger partial charge in [-0.25, -0.2) is 0 Å². The molecule has 1 aromatic rings. The lowest BCUT2D eigenvalue weighted by Crippen LogP contribution is -2.44. The van der Waals surface area contributed by atoms with Gasteiger partial charge in [0.2, 0.25) is 5.91 Å². The topological polar surface area (TPSA) is 70.4 Å². The average molecular weight is 331 g/mol. The monoisotopic (exact) mass is 330 g/mol. The molecule has 0 saturated carbocycles. The van der Waals surface area contributed by atoms with Crippen molar-refractivity contribution >= 4 is 24.1 Å². The van der Waals surface area contributed by atoms with E-state index in [0.29, 0.717) is 24.0 Å². The zero-order chi connectivity index (χ0) is 15.1. The molecule has 0 atom stereocenters. The molecule has 126 valence electrons. The van der Waals surface area contributed by atoms with Crippen molar-refractivity contribution in [1.29, 1.82) is 0 Å². The van der Waals surface area contributed by atoms with Gasteiger partial charge in [-0.1, -0.05) is 12.1 Å². The van der Waals surface area contributed by atoms with Gasteiger partial charge in [-0.05, 0) is 45.8 Å². The van der Waals surface area contributed by atoms with Crippen LogP contribution in [0.4, 0.5) is 5.82 Å². The normalized spacial score (nSPS) is 15.6. The molecule has 1 saturated heterocycles. The Morgan fingerprint density at radius 1 is 1.45 bits per heavy atom. The van der Waals surface area contributed by atoms with Crippen molar-refractivity contribution in [3.63, 3.8) is 0 Å². The first-order valence-corrected chi connectivity index (χ1v) is 7.87.